The Labute approximate surface area is 341 Å². The van der Waals surface area contributed by atoms with Gasteiger partial charge in [-0.15, -0.1) is 45.3 Å². The maximum atomic E-state index is 4.42. The number of nitrogens with one attached hydrogen (secondary N) is 1. The average molecular weight is 796 g/mol. The number of benzene rings is 3. The number of fused-ring (bicyclic) bond motifs is 5. The van der Waals surface area contributed by atoms with Crippen LogP contribution in [0.4, 0.5) is 0 Å². The van der Waals surface area contributed by atoms with Gasteiger partial charge in [-0.1, -0.05) is 47.5 Å². The van der Waals surface area contributed by atoms with E-state index in [0.717, 1.165) is 16.0 Å². The van der Waals surface area contributed by atoms with Gasteiger partial charge in [0.2, 0.25) is 0 Å². The molecule has 280 valence electrons. The molecule has 55 heavy (non-hydrogen) atoms. The molecule has 0 spiro atoms. The summed E-state index contributed by atoms with van der Waals surface area (Å²) in [6.07, 6.45) is 1.91. The molecule has 1 N–H and O–H groups in total. The number of H-pyrrole nitrogens is 1. The molecule has 0 amide bonds. The fourth-order valence-electron chi connectivity index (χ4n) is 6.24. The molecule has 3 nitrogen and oxygen atoms in total. The third kappa shape index (κ3) is 11.0. The zero-order chi connectivity index (χ0) is 39.2. The number of thiophene rings is 4. The fraction of sp³-hybridized carbons (Fsp3) is 0.208. The number of rotatable bonds is 0. The molecule has 0 aliphatic carbocycles. The van der Waals surface area contributed by atoms with E-state index in [1.807, 2.05) is 35.8 Å². The van der Waals surface area contributed by atoms with Crippen LogP contribution in [-0.4, -0.2) is 15.0 Å². The lowest BCUT2D eigenvalue weighted by Crippen LogP contribution is -1.75. The van der Waals surface area contributed by atoms with Crippen molar-refractivity contribution in [2.45, 2.75) is 69.2 Å². The molecule has 0 fully saturated rings. The number of aromatic amines is 1. The Morgan fingerprint density at radius 1 is 0.418 bits per heavy atom. The van der Waals surface area contributed by atoms with E-state index in [-0.39, 0.29) is 0 Å². The van der Waals surface area contributed by atoms with E-state index in [9.17, 15) is 0 Å². The van der Waals surface area contributed by atoms with Crippen LogP contribution in [0.3, 0.4) is 0 Å². The van der Waals surface area contributed by atoms with Crippen molar-refractivity contribution in [1.82, 2.24) is 15.0 Å². The Balaban J connectivity index is 0.000000117. The van der Waals surface area contributed by atoms with Crippen LogP contribution in [0.2, 0.25) is 0 Å². The van der Waals surface area contributed by atoms with Gasteiger partial charge in [0, 0.05) is 57.4 Å². The van der Waals surface area contributed by atoms with Gasteiger partial charge in [0.05, 0.1) is 10.2 Å². The number of pyridine rings is 2. The zero-order valence-corrected chi connectivity index (χ0v) is 36.7. The van der Waals surface area contributed by atoms with Crippen molar-refractivity contribution < 1.29 is 0 Å². The van der Waals surface area contributed by atoms with Gasteiger partial charge in [0.1, 0.15) is 4.83 Å². The van der Waals surface area contributed by atoms with Gasteiger partial charge in [-0.2, -0.15) is 0 Å². The predicted molar refractivity (Wildman–Crippen MR) is 249 cm³/mol. The van der Waals surface area contributed by atoms with Crippen LogP contribution in [0.5, 0.6) is 0 Å². The maximum Gasteiger partial charge on any atom is 0.123 e. The van der Waals surface area contributed by atoms with Crippen LogP contribution in [0, 0.1) is 69.2 Å². The Morgan fingerprint density at radius 2 is 0.982 bits per heavy atom. The highest BCUT2D eigenvalue weighted by molar-refractivity contribution is 7.19. The Bertz CT molecular complexity index is 2390. The topological polar surface area (TPSA) is 41.6 Å². The first-order valence-corrected chi connectivity index (χ1v) is 21.7. The molecule has 0 saturated heterocycles. The smallest absolute Gasteiger partial charge is 0.123 e. The third-order valence-corrected chi connectivity index (χ3v) is 12.8. The molecule has 7 heteroatoms. The maximum absolute atomic E-state index is 4.42. The number of nitrogens with zero attached hydrogens (tertiary/aromatic N) is 2. The largest absolute Gasteiger partial charge is 0.359 e. The van der Waals surface area contributed by atoms with E-state index >= 15 is 0 Å². The first-order chi connectivity index (χ1) is 26.3. The van der Waals surface area contributed by atoms with Crippen molar-refractivity contribution in [2.75, 3.05) is 0 Å². The highest BCUT2D eigenvalue weighted by Crippen LogP contribution is 2.27. The van der Waals surface area contributed by atoms with Crippen molar-refractivity contribution in [1.29, 1.82) is 0 Å². The predicted octanol–water partition coefficient (Wildman–Crippen LogP) is 15.6. The highest BCUT2D eigenvalue weighted by Gasteiger charge is 2.01. The van der Waals surface area contributed by atoms with E-state index in [2.05, 4.69) is 180 Å². The van der Waals surface area contributed by atoms with Crippen molar-refractivity contribution >= 4 is 96.9 Å². The van der Waals surface area contributed by atoms with Crippen molar-refractivity contribution in [3.63, 3.8) is 0 Å². The summed E-state index contributed by atoms with van der Waals surface area (Å²) < 4.78 is 4.10. The van der Waals surface area contributed by atoms with Gasteiger partial charge in [-0.25, -0.2) is 4.98 Å². The standard InChI is InChI=1S/C10H11N.2C10H10S.2C9H9NS/c2*1-7-3-4-10-9(5-7)6-8(2)11-10;1-7-3-4-9-6-8(2)11-10(9)5-7;1-6-3-9-8(10-5-6)4-7(2)11-9;1-6-3-4-8-5-7(2)11-9(8)10-6/h3-6,11H,1-2H3;2*3-6H,1-2H3;2*3-5H,1-2H3. The molecule has 3 aromatic carbocycles. The fourth-order valence-corrected chi connectivity index (χ4v) is 10.1. The first-order valence-electron chi connectivity index (χ1n) is 18.4. The monoisotopic (exact) mass is 795 g/mol. The van der Waals surface area contributed by atoms with Gasteiger partial charge in [-0.05, 0) is 163 Å². The summed E-state index contributed by atoms with van der Waals surface area (Å²) in [5.74, 6) is 0. The van der Waals surface area contributed by atoms with Gasteiger partial charge in [-0.3, -0.25) is 4.98 Å². The lowest BCUT2D eigenvalue weighted by atomic mass is 10.2. The summed E-state index contributed by atoms with van der Waals surface area (Å²) in [6, 6.07) is 36.9. The second-order valence-corrected chi connectivity index (χ2v) is 19.4. The number of hydrogen-bond acceptors (Lipinski definition) is 6. The Hall–Kier alpha value is -4.66. The second-order valence-electron chi connectivity index (χ2n) is 14.3. The van der Waals surface area contributed by atoms with E-state index in [0.29, 0.717) is 0 Å². The Morgan fingerprint density at radius 3 is 1.76 bits per heavy atom. The molecular formula is C48H49N3S4. The third-order valence-electron chi connectivity index (χ3n) is 8.78. The summed E-state index contributed by atoms with van der Waals surface area (Å²) in [6.45, 7) is 21.1. The number of aryl methyl sites for hydroxylation is 10. The quantitative estimate of drug-likeness (QED) is 0.166. The van der Waals surface area contributed by atoms with Crippen LogP contribution in [0.15, 0.2) is 109 Å². The second kappa shape index (κ2) is 17.9. The molecule has 7 aromatic heterocycles. The van der Waals surface area contributed by atoms with E-state index in [1.54, 1.807) is 22.7 Å². The highest BCUT2D eigenvalue weighted by atomic mass is 32.1. The van der Waals surface area contributed by atoms with Crippen molar-refractivity contribution in [3.05, 3.63) is 162 Å². The van der Waals surface area contributed by atoms with E-state index in [1.165, 1.54) is 88.6 Å². The SMILES string of the molecule is Cc1ccc2[nH]c(C)cc2c1.Cc1ccc2cc(C)sc2c1.Cc1ccc2cc(C)sc2n1.Cc1ccc2sc(C)cc2c1.Cc1cnc2cc(C)sc2c1. The van der Waals surface area contributed by atoms with Gasteiger partial charge >= 0.3 is 0 Å². The average Bonchev–Trinajstić information content (AvgIpc) is 3.94. The van der Waals surface area contributed by atoms with Crippen LogP contribution in [0.1, 0.15) is 53.2 Å². The summed E-state index contributed by atoms with van der Waals surface area (Å²) in [5.41, 5.74) is 9.92. The molecule has 10 aromatic rings. The molecule has 10 rings (SSSR count). The number of aromatic nitrogens is 3. The minimum absolute atomic E-state index is 1.10. The molecule has 0 aliphatic rings. The lowest BCUT2D eigenvalue weighted by Gasteiger charge is -1.90. The van der Waals surface area contributed by atoms with Crippen molar-refractivity contribution in [2.24, 2.45) is 0 Å². The van der Waals surface area contributed by atoms with E-state index in [4.69, 9.17) is 0 Å². The molecule has 0 bridgehead atoms. The van der Waals surface area contributed by atoms with Crippen molar-refractivity contribution in [3.8, 4) is 0 Å². The van der Waals surface area contributed by atoms with Gasteiger partial charge < -0.3 is 4.98 Å². The molecule has 7 heterocycles. The normalized spacial score (nSPS) is 10.7. The van der Waals surface area contributed by atoms with Crippen LogP contribution >= 0.6 is 45.3 Å². The van der Waals surface area contributed by atoms with Crippen LogP contribution in [0.25, 0.3) is 51.5 Å². The molecule has 0 aliphatic heterocycles. The molecular weight excluding hydrogens is 747 g/mol. The zero-order valence-electron chi connectivity index (χ0n) is 33.4. The number of hydrogen-bond donors (Lipinski definition) is 1. The molecule has 0 radical (unpaired) electrons. The first kappa shape index (κ1) is 40.0. The van der Waals surface area contributed by atoms with Gasteiger partial charge in [0.25, 0.3) is 0 Å². The van der Waals surface area contributed by atoms with Crippen LogP contribution < -0.4 is 0 Å². The van der Waals surface area contributed by atoms with Gasteiger partial charge in [0.15, 0.2) is 0 Å². The molecule has 0 unspecified atom stereocenters. The molecule has 0 atom stereocenters. The summed E-state index contributed by atoms with van der Waals surface area (Å²) in [5, 5.41) is 5.33. The minimum atomic E-state index is 1.10. The van der Waals surface area contributed by atoms with Crippen LogP contribution in [-0.2, 0) is 0 Å². The summed E-state index contributed by atoms with van der Waals surface area (Å²) >= 11 is 7.29. The molecule has 0 saturated carbocycles. The summed E-state index contributed by atoms with van der Waals surface area (Å²) in [4.78, 5) is 18.6. The summed E-state index contributed by atoms with van der Waals surface area (Å²) in [7, 11) is 0. The Kier molecular flexibility index (Phi) is 13.0. The van der Waals surface area contributed by atoms with E-state index < -0.39 is 0 Å². The lowest BCUT2D eigenvalue weighted by molar-refractivity contribution is 1.27. The minimum Gasteiger partial charge on any atom is -0.359 e.